The number of carbonyl (C=O) groups excluding carboxylic acids is 1. The van der Waals surface area contributed by atoms with Gasteiger partial charge in [0.05, 0.1) is 0 Å². The predicted octanol–water partition coefficient (Wildman–Crippen LogP) is 1.64. The normalized spacial score (nSPS) is 12.2. The molecular formula is C7H11NOS. The average Bonchev–Trinajstić information content (AvgIpc) is 1.81. The van der Waals surface area contributed by atoms with Gasteiger partial charge < -0.3 is 5.73 Å². The molecule has 0 saturated heterocycles. The van der Waals surface area contributed by atoms with E-state index in [1.165, 1.54) is 6.92 Å². The van der Waals surface area contributed by atoms with Gasteiger partial charge in [-0.2, -0.15) is 0 Å². The summed E-state index contributed by atoms with van der Waals surface area (Å²) < 4.78 is 0. The third-order valence-electron chi connectivity index (χ3n) is 0.828. The molecule has 2 nitrogen and oxygen atoms in total. The molecule has 10 heavy (non-hydrogen) atoms. The number of nitrogens with two attached hydrogens (primary N) is 1. The highest BCUT2D eigenvalue weighted by molar-refractivity contribution is 8.17. The maximum atomic E-state index is 10.5. The standard InChI is InChI=1S/C7H11NOS/c1-4-7(5(2)8)10-6(3)9/h4H,1,8H2,2-3H3/b7-5-. The van der Waals surface area contributed by atoms with Crippen molar-refractivity contribution in [2.45, 2.75) is 13.8 Å². The molecular weight excluding hydrogens is 146 g/mol. The van der Waals surface area contributed by atoms with E-state index in [1.807, 2.05) is 0 Å². The first-order valence-electron chi connectivity index (χ1n) is 2.85. The average molecular weight is 157 g/mol. The SMILES string of the molecule is C=C/C(SC(C)=O)=C(\C)N. The van der Waals surface area contributed by atoms with Crippen molar-refractivity contribution >= 4 is 16.9 Å². The largest absolute Gasteiger partial charge is 0.401 e. The van der Waals surface area contributed by atoms with Gasteiger partial charge in [0.1, 0.15) is 0 Å². The Morgan fingerprint density at radius 1 is 1.60 bits per heavy atom. The molecule has 56 valence electrons. The fourth-order valence-corrected chi connectivity index (χ4v) is 0.992. The van der Waals surface area contributed by atoms with E-state index >= 15 is 0 Å². The second-order valence-electron chi connectivity index (χ2n) is 1.85. The van der Waals surface area contributed by atoms with Gasteiger partial charge in [-0.1, -0.05) is 24.4 Å². The van der Waals surface area contributed by atoms with Gasteiger partial charge in [-0.25, -0.2) is 0 Å². The third-order valence-corrected chi connectivity index (χ3v) is 1.82. The Labute approximate surface area is 65.2 Å². The molecule has 2 N–H and O–H groups in total. The topological polar surface area (TPSA) is 43.1 Å². The number of thioether (sulfide) groups is 1. The molecule has 0 unspecified atom stereocenters. The monoisotopic (exact) mass is 157 g/mol. The summed E-state index contributed by atoms with van der Waals surface area (Å²) in [5, 5.41) is 0.0275. The van der Waals surface area contributed by atoms with Gasteiger partial charge in [-0.05, 0) is 6.92 Å². The lowest BCUT2D eigenvalue weighted by Crippen LogP contribution is -1.95. The maximum Gasteiger partial charge on any atom is 0.190 e. The van der Waals surface area contributed by atoms with Gasteiger partial charge in [0.25, 0.3) is 0 Å². The van der Waals surface area contributed by atoms with Crippen LogP contribution in [0, 0.1) is 0 Å². The summed E-state index contributed by atoms with van der Waals surface area (Å²) in [6, 6.07) is 0. The summed E-state index contributed by atoms with van der Waals surface area (Å²) in [5.74, 6) is 0. The Bertz CT molecular complexity index is 180. The van der Waals surface area contributed by atoms with Gasteiger partial charge in [0, 0.05) is 17.5 Å². The molecule has 0 spiro atoms. The Hall–Kier alpha value is -0.700. The van der Waals surface area contributed by atoms with Crippen LogP contribution >= 0.6 is 11.8 Å². The molecule has 0 aliphatic rings. The number of rotatable bonds is 2. The van der Waals surface area contributed by atoms with Crippen molar-refractivity contribution < 1.29 is 4.79 Å². The van der Waals surface area contributed by atoms with Gasteiger partial charge in [0.2, 0.25) is 0 Å². The molecule has 0 radical (unpaired) electrons. The van der Waals surface area contributed by atoms with E-state index in [2.05, 4.69) is 6.58 Å². The molecule has 0 aromatic rings. The molecule has 3 heteroatoms. The van der Waals surface area contributed by atoms with Crippen molar-refractivity contribution in [2.24, 2.45) is 5.73 Å². The highest BCUT2D eigenvalue weighted by Gasteiger charge is 1.99. The Morgan fingerprint density at radius 2 is 2.10 bits per heavy atom. The fourth-order valence-electron chi connectivity index (χ4n) is 0.438. The van der Waals surface area contributed by atoms with Crippen molar-refractivity contribution in [3.63, 3.8) is 0 Å². The minimum absolute atomic E-state index is 0.0275. The zero-order valence-electron chi connectivity index (χ0n) is 6.18. The highest BCUT2D eigenvalue weighted by atomic mass is 32.2. The maximum absolute atomic E-state index is 10.5. The number of hydrogen-bond donors (Lipinski definition) is 1. The Morgan fingerprint density at radius 3 is 2.20 bits per heavy atom. The first-order valence-corrected chi connectivity index (χ1v) is 3.66. The summed E-state index contributed by atoms with van der Waals surface area (Å²) in [5.41, 5.74) is 6.07. The molecule has 0 aliphatic heterocycles. The lowest BCUT2D eigenvalue weighted by molar-refractivity contribution is -0.109. The zero-order chi connectivity index (χ0) is 8.15. The van der Waals surface area contributed by atoms with Crippen LogP contribution in [0.1, 0.15) is 13.8 Å². The summed E-state index contributed by atoms with van der Waals surface area (Å²) in [7, 11) is 0. The van der Waals surface area contributed by atoms with Crippen LogP contribution in [0.5, 0.6) is 0 Å². The summed E-state index contributed by atoms with van der Waals surface area (Å²) in [6.07, 6.45) is 1.58. The van der Waals surface area contributed by atoms with Crippen molar-refractivity contribution in [3.05, 3.63) is 23.3 Å². The fraction of sp³-hybridized carbons (Fsp3) is 0.286. The van der Waals surface area contributed by atoms with Crippen molar-refractivity contribution in [2.75, 3.05) is 0 Å². The quantitative estimate of drug-likeness (QED) is 0.620. The van der Waals surface area contributed by atoms with Gasteiger partial charge in [-0.15, -0.1) is 0 Å². The molecule has 0 aliphatic carbocycles. The lowest BCUT2D eigenvalue weighted by atomic mass is 10.4. The first-order chi connectivity index (χ1) is 4.57. The van der Waals surface area contributed by atoms with Crippen LogP contribution in [-0.4, -0.2) is 5.12 Å². The van der Waals surface area contributed by atoms with Crippen LogP contribution in [0.3, 0.4) is 0 Å². The smallest absolute Gasteiger partial charge is 0.190 e. The van der Waals surface area contributed by atoms with E-state index in [-0.39, 0.29) is 5.12 Å². The van der Waals surface area contributed by atoms with Crippen LogP contribution < -0.4 is 5.73 Å². The van der Waals surface area contributed by atoms with E-state index in [1.54, 1.807) is 13.0 Å². The Kier molecular flexibility index (Phi) is 3.88. The van der Waals surface area contributed by atoms with Crippen molar-refractivity contribution in [1.82, 2.24) is 0 Å². The third kappa shape index (κ3) is 3.35. The molecule has 0 aromatic carbocycles. The number of hydrogen-bond acceptors (Lipinski definition) is 3. The molecule has 0 atom stereocenters. The Balaban J connectivity index is 4.25. The molecule has 0 aromatic heterocycles. The lowest BCUT2D eigenvalue weighted by Gasteiger charge is -1.98. The van der Waals surface area contributed by atoms with Crippen LogP contribution in [-0.2, 0) is 4.79 Å². The van der Waals surface area contributed by atoms with Crippen LogP contribution in [0.25, 0.3) is 0 Å². The van der Waals surface area contributed by atoms with Crippen molar-refractivity contribution in [1.29, 1.82) is 0 Å². The van der Waals surface area contributed by atoms with E-state index in [4.69, 9.17) is 5.73 Å². The molecule has 0 saturated carbocycles. The molecule has 0 amide bonds. The van der Waals surface area contributed by atoms with Gasteiger partial charge >= 0.3 is 0 Å². The highest BCUT2D eigenvalue weighted by Crippen LogP contribution is 2.18. The molecule has 0 bridgehead atoms. The minimum atomic E-state index is 0.0275. The second kappa shape index (κ2) is 4.17. The summed E-state index contributed by atoms with van der Waals surface area (Å²) in [4.78, 5) is 11.3. The molecule has 0 fully saturated rings. The predicted molar refractivity (Wildman–Crippen MR) is 45.4 cm³/mol. The minimum Gasteiger partial charge on any atom is -0.401 e. The van der Waals surface area contributed by atoms with E-state index in [0.29, 0.717) is 5.70 Å². The van der Waals surface area contributed by atoms with Gasteiger partial charge in [0.15, 0.2) is 5.12 Å². The van der Waals surface area contributed by atoms with Gasteiger partial charge in [-0.3, -0.25) is 4.79 Å². The summed E-state index contributed by atoms with van der Waals surface area (Å²) in [6.45, 7) is 6.76. The molecule has 0 heterocycles. The van der Waals surface area contributed by atoms with Crippen LogP contribution in [0.2, 0.25) is 0 Å². The first kappa shape index (κ1) is 9.30. The zero-order valence-corrected chi connectivity index (χ0v) is 6.99. The van der Waals surface area contributed by atoms with Crippen molar-refractivity contribution in [3.8, 4) is 0 Å². The summed E-state index contributed by atoms with van der Waals surface area (Å²) >= 11 is 1.11. The van der Waals surface area contributed by atoms with E-state index < -0.39 is 0 Å². The molecule has 0 rings (SSSR count). The van der Waals surface area contributed by atoms with Crippen LogP contribution in [0.4, 0.5) is 0 Å². The van der Waals surface area contributed by atoms with E-state index in [0.717, 1.165) is 16.7 Å². The number of carbonyl (C=O) groups is 1. The second-order valence-corrected chi connectivity index (χ2v) is 3.06. The number of allylic oxidation sites excluding steroid dienone is 2. The van der Waals surface area contributed by atoms with E-state index in [9.17, 15) is 4.79 Å². The van der Waals surface area contributed by atoms with Crippen LogP contribution in [0.15, 0.2) is 23.3 Å².